The molecule has 0 aliphatic carbocycles. The van der Waals surface area contributed by atoms with E-state index in [1.54, 1.807) is 72.9 Å². The van der Waals surface area contributed by atoms with Crippen molar-refractivity contribution >= 4 is 39.3 Å². The van der Waals surface area contributed by atoms with Gasteiger partial charge in [0.05, 0.1) is 23.6 Å². The Balaban J connectivity index is 1.48. The van der Waals surface area contributed by atoms with Crippen LogP contribution in [0.4, 0.5) is 10.5 Å². The standard InChI is InChI=1S/C25H28ClN5O5S/c1-25(2,3)36-24(33)30-14-19(15-30)31-13-17(12-28-31)20-9-8-18(11-22(20)37(27,34)35)29-23(32)10-16-6-4-5-7-21(16)26/h4-9,11-13,19H,10,14-15H2,1-3H3,(H,29,32)(H2,27,34,35). The third kappa shape index (κ3) is 6.48. The number of carbonyl (C=O) groups excluding carboxylic acids is 2. The van der Waals surface area contributed by atoms with Crippen LogP contribution in [0, 0.1) is 0 Å². The maximum absolute atomic E-state index is 12.5. The highest BCUT2D eigenvalue weighted by atomic mass is 35.5. The Morgan fingerprint density at radius 1 is 1.19 bits per heavy atom. The second-order valence-electron chi connectivity index (χ2n) is 9.82. The number of aromatic nitrogens is 2. The number of carbonyl (C=O) groups is 2. The zero-order valence-corrected chi connectivity index (χ0v) is 22.2. The maximum Gasteiger partial charge on any atom is 0.410 e. The summed E-state index contributed by atoms with van der Waals surface area (Å²) in [5, 5.41) is 13.0. The van der Waals surface area contributed by atoms with Crippen molar-refractivity contribution in [1.29, 1.82) is 0 Å². The van der Waals surface area contributed by atoms with Gasteiger partial charge in [-0.3, -0.25) is 9.48 Å². The van der Waals surface area contributed by atoms with E-state index in [0.717, 1.165) is 0 Å². The fourth-order valence-corrected chi connectivity index (χ4v) is 4.86. The van der Waals surface area contributed by atoms with E-state index < -0.39 is 15.6 Å². The van der Waals surface area contributed by atoms with E-state index in [4.69, 9.17) is 21.5 Å². The molecule has 0 bridgehead atoms. The third-order valence-corrected chi connectivity index (χ3v) is 7.00. The van der Waals surface area contributed by atoms with Crippen molar-refractivity contribution in [3.05, 3.63) is 65.4 Å². The van der Waals surface area contributed by atoms with Crippen molar-refractivity contribution in [2.75, 3.05) is 18.4 Å². The number of ether oxygens (including phenoxy) is 1. The van der Waals surface area contributed by atoms with Crippen LogP contribution in [0.5, 0.6) is 0 Å². The molecule has 2 amide bonds. The Morgan fingerprint density at radius 2 is 1.89 bits per heavy atom. The summed E-state index contributed by atoms with van der Waals surface area (Å²) in [5.41, 5.74) is 1.24. The van der Waals surface area contributed by atoms with Crippen LogP contribution in [0.3, 0.4) is 0 Å². The van der Waals surface area contributed by atoms with Crippen molar-refractivity contribution in [3.63, 3.8) is 0 Å². The molecule has 4 rings (SSSR count). The van der Waals surface area contributed by atoms with Gasteiger partial charge in [-0.1, -0.05) is 35.9 Å². The lowest BCUT2D eigenvalue weighted by atomic mass is 10.1. The average molecular weight is 546 g/mol. The number of nitrogens with zero attached hydrogens (tertiary/aromatic N) is 3. The number of likely N-dealkylation sites (tertiary alicyclic amines) is 1. The first-order valence-electron chi connectivity index (χ1n) is 11.5. The minimum Gasteiger partial charge on any atom is -0.444 e. The van der Waals surface area contributed by atoms with E-state index in [1.165, 1.54) is 12.3 Å². The number of hydrogen-bond acceptors (Lipinski definition) is 6. The molecule has 0 spiro atoms. The van der Waals surface area contributed by atoms with Crippen molar-refractivity contribution in [2.24, 2.45) is 5.14 Å². The summed E-state index contributed by atoms with van der Waals surface area (Å²) >= 11 is 6.12. The molecule has 0 saturated carbocycles. The lowest BCUT2D eigenvalue weighted by Gasteiger charge is -2.39. The molecular weight excluding hydrogens is 518 g/mol. The molecule has 10 nitrogen and oxygen atoms in total. The van der Waals surface area contributed by atoms with E-state index >= 15 is 0 Å². The van der Waals surface area contributed by atoms with Crippen LogP contribution >= 0.6 is 11.6 Å². The van der Waals surface area contributed by atoms with E-state index in [9.17, 15) is 18.0 Å². The largest absolute Gasteiger partial charge is 0.444 e. The lowest BCUT2D eigenvalue weighted by Crippen LogP contribution is -2.52. The van der Waals surface area contributed by atoms with Gasteiger partial charge in [0.25, 0.3) is 0 Å². The minimum atomic E-state index is -4.12. The average Bonchev–Trinajstić information content (AvgIpc) is 3.22. The Kier molecular flexibility index (Phi) is 7.31. The Bertz CT molecular complexity index is 1440. The molecule has 0 unspecified atom stereocenters. The van der Waals surface area contributed by atoms with Crippen molar-refractivity contribution in [3.8, 4) is 11.1 Å². The third-order valence-electron chi connectivity index (χ3n) is 5.68. The molecule has 0 radical (unpaired) electrons. The summed E-state index contributed by atoms with van der Waals surface area (Å²) < 4.78 is 31.9. The predicted molar refractivity (Wildman–Crippen MR) is 140 cm³/mol. The van der Waals surface area contributed by atoms with E-state index in [1.807, 2.05) is 0 Å². The van der Waals surface area contributed by atoms with Crippen LogP contribution in [0.1, 0.15) is 32.4 Å². The van der Waals surface area contributed by atoms with Gasteiger partial charge in [0, 0.05) is 41.1 Å². The molecule has 1 aliphatic heterocycles. The van der Waals surface area contributed by atoms with Crippen LogP contribution in [-0.4, -0.2) is 53.8 Å². The van der Waals surface area contributed by atoms with Crippen LogP contribution in [0.15, 0.2) is 59.8 Å². The molecule has 0 atom stereocenters. The second kappa shape index (κ2) is 10.2. The second-order valence-corrected chi connectivity index (χ2v) is 11.8. The molecule has 1 aliphatic rings. The Hall–Kier alpha value is -3.41. The van der Waals surface area contributed by atoms with Gasteiger partial charge in [0.15, 0.2) is 0 Å². The summed E-state index contributed by atoms with van der Waals surface area (Å²) in [7, 11) is -4.12. The molecule has 1 fully saturated rings. The molecule has 12 heteroatoms. The lowest BCUT2D eigenvalue weighted by molar-refractivity contribution is -0.115. The van der Waals surface area contributed by atoms with Gasteiger partial charge in [0.1, 0.15) is 5.60 Å². The molecule has 3 N–H and O–H groups in total. The summed E-state index contributed by atoms with van der Waals surface area (Å²) in [6.07, 6.45) is 2.88. The van der Waals surface area contributed by atoms with Crippen molar-refractivity contribution < 1.29 is 22.7 Å². The van der Waals surface area contributed by atoms with Gasteiger partial charge in [0.2, 0.25) is 15.9 Å². The van der Waals surface area contributed by atoms with E-state index in [-0.39, 0.29) is 35.0 Å². The molecule has 196 valence electrons. The number of primary sulfonamides is 1. The zero-order chi connectivity index (χ0) is 27.0. The fourth-order valence-electron chi connectivity index (χ4n) is 3.87. The number of benzene rings is 2. The van der Waals surface area contributed by atoms with Crippen LogP contribution < -0.4 is 10.5 Å². The predicted octanol–water partition coefficient (Wildman–Crippen LogP) is 3.82. The summed E-state index contributed by atoms with van der Waals surface area (Å²) in [6, 6.07) is 11.4. The molecule has 1 aromatic heterocycles. The van der Waals surface area contributed by atoms with Crippen molar-refractivity contribution in [1.82, 2.24) is 14.7 Å². The quantitative estimate of drug-likeness (QED) is 0.483. The monoisotopic (exact) mass is 545 g/mol. The topological polar surface area (TPSA) is 137 Å². The SMILES string of the molecule is CC(C)(C)OC(=O)N1CC(n2cc(-c3ccc(NC(=O)Cc4ccccc4Cl)cc3S(N)(=O)=O)cn2)C1. The van der Waals surface area contributed by atoms with Gasteiger partial charge in [-0.25, -0.2) is 18.4 Å². The number of halogens is 1. The number of anilines is 1. The smallest absolute Gasteiger partial charge is 0.410 e. The summed E-state index contributed by atoms with van der Waals surface area (Å²) in [4.78, 5) is 26.1. The number of nitrogens with two attached hydrogens (primary N) is 1. The molecular formula is C25H28ClN5O5S. The number of rotatable bonds is 6. The van der Waals surface area contributed by atoms with Crippen molar-refractivity contribution in [2.45, 2.75) is 43.7 Å². The molecule has 3 aromatic rings. The summed E-state index contributed by atoms with van der Waals surface area (Å²) in [5.74, 6) is -0.353. The minimum absolute atomic E-state index is 0.0284. The zero-order valence-electron chi connectivity index (χ0n) is 20.6. The number of amides is 2. The Labute approximate surface area is 220 Å². The van der Waals surface area contributed by atoms with E-state index in [2.05, 4.69) is 10.4 Å². The normalized spacial score (nSPS) is 14.2. The molecule has 1 saturated heterocycles. The number of sulfonamides is 1. The molecule has 2 aromatic carbocycles. The molecule has 2 heterocycles. The number of nitrogens with one attached hydrogen (secondary N) is 1. The highest BCUT2D eigenvalue weighted by Gasteiger charge is 2.35. The highest BCUT2D eigenvalue weighted by molar-refractivity contribution is 7.89. The molecule has 37 heavy (non-hydrogen) atoms. The van der Waals surface area contributed by atoms with Crippen LogP contribution in [-0.2, 0) is 26.0 Å². The number of hydrogen-bond donors (Lipinski definition) is 2. The van der Waals surface area contributed by atoms with Crippen LogP contribution in [0.25, 0.3) is 11.1 Å². The fraction of sp³-hybridized carbons (Fsp3) is 0.320. The first kappa shape index (κ1) is 26.6. The van der Waals surface area contributed by atoms with Crippen LogP contribution in [0.2, 0.25) is 5.02 Å². The van der Waals surface area contributed by atoms with E-state index in [0.29, 0.717) is 34.8 Å². The van der Waals surface area contributed by atoms with Gasteiger partial charge < -0.3 is 15.0 Å². The van der Waals surface area contributed by atoms with Gasteiger partial charge in [-0.2, -0.15) is 5.10 Å². The maximum atomic E-state index is 12.5. The Morgan fingerprint density at radius 3 is 2.54 bits per heavy atom. The van der Waals surface area contributed by atoms with Gasteiger partial charge in [-0.15, -0.1) is 0 Å². The highest BCUT2D eigenvalue weighted by Crippen LogP contribution is 2.31. The van der Waals surface area contributed by atoms with Gasteiger partial charge >= 0.3 is 6.09 Å². The first-order chi connectivity index (χ1) is 17.3. The first-order valence-corrected chi connectivity index (χ1v) is 13.4. The van der Waals surface area contributed by atoms with Gasteiger partial charge in [-0.05, 0) is 44.5 Å². The summed E-state index contributed by atoms with van der Waals surface area (Å²) in [6.45, 7) is 6.27.